The zero-order valence-corrected chi connectivity index (χ0v) is 24.7. The van der Waals surface area contributed by atoms with E-state index in [9.17, 15) is 18.0 Å². The summed E-state index contributed by atoms with van der Waals surface area (Å²) in [6.45, 7) is 4.87. The van der Waals surface area contributed by atoms with Crippen molar-refractivity contribution in [2.45, 2.75) is 50.0 Å². The standard InChI is InChI=1S/C31H31ClN4O4S/c1-19-16-20(2)27-25-12-15-35(3)29(37)28(25)36(26(27)17-19)23-8-4-21(5-9-23)18-31(13-14-31)33-30(38)34-41(39,40)24-10-6-22(32)7-11-24/h4-11,16-17H,12-15,18H2,1-3H3,(H2,33,34,38). The largest absolute Gasteiger partial charge is 0.340 e. The molecule has 1 saturated carbocycles. The van der Waals surface area contributed by atoms with Crippen LogP contribution in [0.2, 0.25) is 5.02 Å². The average molecular weight is 591 g/mol. The van der Waals surface area contributed by atoms with Crippen LogP contribution in [0, 0.1) is 13.8 Å². The van der Waals surface area contributed by atoms with Crippen molar-refractivity contribution in [3.05, 3.63) is 93.6 Å². The first-order valence-electron chi connectivity index (χ1n) is 13.6. The van der Waals surface area contributed by atoms with E-state index < -0.39 is 21.6 Å². The second-order valence-electron chi connectivity index (χ2n) is 11.3. The molecule has 2 heterocycles. The van der Waals surface area contributed by atoms with Crippen molar-refractivity contribution >= 4 is 44.5 Å². The Hall–Kier alpha value is -3.82. The molecule has 3 amide bonds. The highest BCUT2D eigenvalue weighted by atomic mass is 35.5. The summed E-state index contributed by atoms with van der Waals surface area (Å²) in [7, 11) is -2.18. The summed E-state index contributed by atoms with van der Waals surface area (Å²) in [6, 6.07) is 17.2. The number of rotatable bonds is 6. The second kappa shape index (κ2) is 9.92. The van der Waals surface area contributed by atoms with E-state index in [-0.39, 0.29) is 10.8 Å². The monoisotopic (exact) mass is 590 g/mol. The van der Waals surface area contributed by atoms with Crippen LogP contribution in [0.1, 0.15) is 45.6 Å². The summed E-state index contributed by atoms with van der Waals surface area (Å²) in [5.41, 5.74) is 6.56. The Morgan fingerprint density at radius 2 is 1.71 bits per heavy atom. The number of benzene rings is 3. The molecule has 1 aliphatic carbocycles. The Kier molecular flexibility index (Phi) is 6.62. The summed E-state index contributed by atoms with van der Waals surface area (Å²) in [5.74, 6) is 0.0178. The maximum Gasteiger partial charge on any atom is 0.329 e. The molecule has 0 atom stereocenters. The van der Waals surface area contributed by atoms with E-state index in [1.807, 2.05) is 31.3 Å². The molecule has 6 rings (SSSR count). The molecular formula is C31H31ClN4O4S. The molecule has 2 aliphatic rings. The van der Waals surface area contributed by atoms with E-state index in [2.05, 4.69) is 40.6 Å². The van der Waals surface area contributed by atoms with Crippen molar-refractivity contribution in [1.29, 1.82) is 0 Å². The van der Waals surface area contributed by atoms with Crippen molar-refractivity contribution in [3.63, 3.8) is 0 Å². The molecule has 0 saturated heterocycles. The van der Waals surface area contributed by atoms with Crippen molar-refractivity contribution in [1.82, 2.24) is 19.5 Å². The summed E-state index contributed by atoms with van der Waals surface area (Å²) in [4.78, 5) is 27.8. The summed E-state index contributed by atoms with van der Waals surface area (Å²) >= 11 is 5.85. The van der Waals surface area contributed by atoms with Crippen LogP contribution < -0.4 is 10.0 Å². The first-order valence-corrected chi connectivity index (χ1v) is 15.4. The number of carbonyl (C=O) groups is 2. The fraction of sp³-hybridized carbons (Fsp3) is 0.290. The number of aromatic nitrogens is 1. The van der Waals surface area contributed by atoms with Gasteiger partial charge in [0.15, 0.2) is 0 Å². The minimum atomic E-state index is -4.02. The van der Waals surface area contributed by atoms with Crippen molar-refractivity contribution in [3.8, 4) is 5.69 Å². The highest BCUT2D eigenvalue weighted by Gasteiger charge is 2.44. The van der Waals surface area contributed by atoms with E-state index in [0.29, 0.717) is 23.7 Å². The molecule has 1 aromatic heterocycles. The van der Waals surface area contributed by atoms with Crippen LogP contribution in [-0.4, -0.2) is 49.0 Å². The predicted octanol–water partition coefficient (Wildman–Crippen LogP) is 5.29. The van der Waals surface area contributed by atoms with Crippen molar-refractivity contribution < 1.29 is 18.0 Å². The molecule has 3 aromatic carbocycles. The maximum atomic E-state index is 13.4. The topological polar surface area (TPSA) is 101 Å². The number of amides is 3. The highest BCUT2D eigenvalue weighted by Crippen LogP contribution is 2.39. The summed E-state index contributed by atoms with van der Waals surface area (Å²) in [6.07, 6.45) is 2.87. The molecule has 0 unspecified atom stereocenters. The van der Waals surface area contributed by atoms with Gasteiger partial charge in [0.2, 0.25) is 0 Å². The van der Waals surface area contributed by atoms with Crippen molar-refractivity contribution in [2.75, 3.05) is 13.6 Å². The van der Waals surface area contributed by atoms with E-state index in [1.165, 1.54) is 29.8 Å². The Morgan fingerprint density at radius 1 is 1.02 bits per heavy atom. The number of hydrogen-bond donors (Lipinski definition) is 2. The van der Waals surface area contributed by atoms with Crippen LogP contribution in [0.15, 0.2) is 65.6 Å². The molecule has 10 heteroatoms. The molecule has 41 heavy (non-hydrogen) atoms. The number of sulfonamides is 1. The zero-order chi connectivity index (χ0) is 29.1. The molecule has 8 nitrogen and oxygen atoms in total. The van der Waals surface area contributed by atoms with Crippen LogP contribution in [0.5, 0.6) is 0 Å². The molecule has 4 aromatic rings. The Bertz CT molecular complexity index is 1810. The third-order valence-electron chi connectivity index (χ3n) is 8.08. The number of halogens is 1. The van der Waals surface area contributed by atoms with E-state index in [4.69, 9.17) is 11.6 Å². The second-order valence-corrected chi connectivity index (χ2v) is 13.4. The van der Waals surface area contributed by atoms with Crippen LogP contribution in [-0.2, 0) is 22.9 Å². The van der Waals surface area contributed by atoms with E-state index >= 15 is 0 Å². The molecule has 1 fully saturated rings. The number of carbonyl (C=O) groups excluding carboxylic acids is 2. The van der Waals surface area contributed by atoms with Crippen LogP contribution in [0.3, 0.4) is 0 Å². The number of hydrogen-bond acceptors (Lipinski definition) is 4. The lowest BCUT2D eigenvalue weighted by molar-refractivity contribution is 0.0773. The van der Waals surface area contributed by atoms with E-state index in [0.717, 1.165) is 52.5 Å². The van der Waals surface area contributed by atoms with Crippen LogP contribution in [0.25, 0.3) is 16.6 Å². The molecule has 212 valence electrons. The Balaban J connectivity index is 1.24. The number of likely N-dealkylation sites (N-methyl/N-ethyl adjacent to an activating group) is 1. The number of aryl methyl sites for hydroxylation is 2. The molecule has 0 radical (unpaired) electrons. The average Bonchev–Trinajstić information content (AvgIpc) is 3.57. The predicted molar refractivity (Wildman–Crippen MR) is 159 cm³/mol. The SMILES string of the molecule is Cc1cc(C)c2c3c(n(-c4ccc(CC5(NC(=O)NS(=O)(=O)c6ccc(Cl)cc6)CC5)cc4)c2c1)C(=O)N(C)CC3. The van der Waals surface area contributed by atoms with E-state index in [1.54, 1.807) is 4.90 Å². The third kappa shape index (κ3) is 5.08. The summed E-state index contributed by atoms with van der Waals surface area (Å²) < 4.78 is 29.4. The van der Waals surface area contributed by atoms with Gasteiger partial charge in [-0.3, -0.25) is 4.79 Å². The van der Waals surface area contributed by atoms with Gasteiger partial charge in [0.05, 0.1) is 10.4 Å². The fourth-order valence-corrected chi connectivity index (χ4v) is 6.93. The first kappa shape index (κ1) is 27.4. The molecule has 1 aliphatic heterocycles. The fourth-order valence-electron chi connectivity index (χ4n) is 5.90. The quantitative estimate of drug-likeness (QED) is 0.319. The molecule has 0 spiro atoms. The van der Waals surface area contributed by atoms with Gasteiger partial charge in [-0.05, 0) is 104 Å². The first-order chi connectivity index (χ1) is 19.5. The number of nitrogens with zero attached hydrogens (tertiary/aromatic N) is 2. The van der Waals surface area contributed by atoms with Gasteiger partial charge in [-0.15, -0.1) is 0 Å². The molecular weight excluding hydrogens is 560 g/mol. The van der Waals surface area contributed by atoms with Gasteiger partial charge in [0, 0.05) is 35.2 Å². The summed E-state index contributed by atoms with van der Waals surface area (Å²) in [5, 5.41) is 4.43. The number of urea groups is 1. The minimum absolute atomic E-state index is 0.0178. The van der Waals surface area contributed by atoms with Crippen LogP contribution in [0.4, 0.5) is 4.79 Å². The zero-order valence-electron chi connectivity index (χ0n) is 23.1. The van der Waals surface area contributed by atoms with Gasteiger partial charge in [-0.25, -0.2) is 17.9 Å². The molecule has 2 N–H and O–H groups in total. The third-order valence-corrected chi connectivity index (χ3v) is 9.68. The van der Waals surface area contributed by atoms with Gasteiger partial charge in [-0.1, -0.05) is 29.8 Å². The van der Waals surface area contributed by atoms with Gasteiger partial charge in [-0.2, -0.15) is 0 Å². The number of fused-ring (bicyclic) bond motifs is 3. The lowest BCUT2D eigenvalue weighted by Crippen LogP contribution is -2.46. The Morgan fingerprint density at radius 3 is 2.37 bits per heavy atom. The van der Waals surface area contributed by atoms with Crippen LogP contribution >= 0.6 is 11.6 Å². The van der Waals surface area contributed by atoms with Gasteiger partial charge in [0.1, 0.15) is 5.69 Å². The van der Waals surface area contributed by atoms with Gasteiger partial charge in [0.25, 0.3) is 15.9 Å². The lowest BCUT2D eigenvalue weighted by atomic mass is 9.99. The maximum absolute atomic E-state index is 13.4. The molecule has 0 bridgehead atoms. The highest BCUT2D eigenvalue weighted by molar-refractivity contribution is 7.90. The van der Waals surface area contributed by atoms with Gasteiger partial charge >= 0.3 is 6.03 Å². The van der Waals surface area contributed by atoms with Crippen molar-refractivity contribution in [2.24, 2.45) is 0 Å². The smallest absolute Gasteiger partial charge is 0.329 e. The minimum Gasteiger partial charge on any atom is -0.340 e. The van der Waals surface area contributed by atoms with Gasteiger partial charge < -0.3 is 14.8 Å². The lowest BCUT2D eigenvalue weighted by Gasteiger charge is -2.24. The number of nitrogens with one attached hydrogen (secondary N) is 2. The normalized spacial score (nSPS) is 16.0. The Labute approximate surface area is 244 Å².